The molecule has 0 aliphatic carbocycles. The summed E-state index contributed by atoms with van der Waals surface area (Å²) < 4.78 is 5.35. The van der Waals surface area contributed by atoms with Gasteiger partial charge >= 0.3 is 0 Å². The van der Waals surface area contributed by atoms with E-state index in [1.165, 1.54) is 4.90 Å². The molecular formula is C10H10NO3. The Labute approximate surface area is 81.7 Å². The van der Waals surface area contributed by atoms with Gasteiger partial charge in [-0.3, -0.25) is 4.79 Å². The number of benzene rings is 1. The molecule has 0 saturated heterocycles. The van der Waals surface area contributed by atoms with Crippen LogP contribution in [-0.4, -0.2) is 30.8 Å². The zero-order valence-electron chi connectivity index (χ0n) is 7.56. The Kier molecular flexibility index (Phi) is 2.37. The molecule has 4 heteroatoms. The SMILES string of the molecule is O=C(CO)N1CCOc2cc[c]cc21. The van der Waals surface area contributed by atoms with E-state index >= 15 is 0 Å². The van der Waals surface area contributed by atoms with Gasteiger partial charge in [-0.15, -0.1) is 0 Å². The molecule has 4 nitrogen and oxygen atoms in total. The Morgan fingerprint density at radius 1 is 1.71 bits per heavy atom. The Balaban J connectivity index is 2.35. The maximum atomic E-state index is 11.3. The molecule has 0 bridgehead atoms. The van der Waals surface area contributed by atoms with Crippen molar-refractivity contribution in [2.24, 2.45) is 0 Å². The molecule has 1 amide bonds. The molecule has 0 aromatic heterocycles. The third-order valence-electron chi connectivity index (χ3n) is 2.10. The molecule has 0 unspecified atom stereocenters. The van der Waals surface area contributed by atoms with Crippen molar-refractivity contribution in [1.29, 1.82) is 0 Å². The molecular weight excluding hydrogens is 182 g/mol. The third-order valence-corrected chi connectivity index (χ3v) is 2.10. The molecule has 1 N–H and O–H groups in total. The van der Waals surface area contributed by atoms with Crippen molar-refractivity contribution in [3.63, 3.8) is 0 Å². The monoisotopic (exact) mass is 192 g/mol. The summed E-state index contributed by atoms with van der Waals surface area (Å²) in [5, 5.41) is 8.77. The van der Waals surface area contributed by atoms with Gasteiger partial charge in [0.05, 0.1) is 12.2 Å². The van der Waals surface area contributed by atoms with Gasteiger partial charge in [0.1, 0.15) is 19.0 Å². The smallest absolute Gasteiger partial charge is 0.252 e. The van der Waals surface area contributed by atoms with Crippen molar-refractivity contribution >= 4 is 11.6 Å². The van der Waals surface area contributed by atoms with Gasteiger partial charge in [0, 0.05) is 0 Å². The van der Waals surface area contributed by atoms with Crippen LogP contribution in [0.4, 0.5) is 5.69 Å². The van der Waals surface area contributed by atoms with E-state index in [9.17, 15) is 4.79 Å². The van der Waals surface area contributed by atoms with Crippen molar-refractivity contribution < 1.29 is 14.6 Å². The summed E-state index contributed by atoms with van der Waals surface area (Å²) in [6.45, 7) is 0.460. The maximum absolute atomic E-state index is 11.3. The summed E-state index contributed by atoms with van der Waals surface area (Å²) >= 11 is 0. The lowest BCUT2D eigenvalue weighted by Crippen LogP contribution is -2.39. The summed E-state index contributed by atoms with van der Waals surface area (Å²) in [7, 11) is 0. The molecule has 2 rings (SSSR count). The second-order valence-electron chi connectivity index (χ2n) is 2.95. The molecule has 1 aromatic rings. The number of rotatable bonds is 1. The van der Waals surface area contributed by atoms with E-state index in [0.29, 0.717) is 24.6 Å². The quantitative estimate of drug-likeness (QED) is 0.691. The predicted molar refractivity (Wildman–Crippen MR) is 50.2 cm³/mol. The van der Waals surface area contributed by atoms with Gasteiger partial charge in [-0.25, -0.2) is 0 Å². The van der Waals surface area contributed by atoms with E-state index in [1.54, 1.807) is 18.2 Å². The van der Waals surface area contributed by atoms with Crippen LogP contribution >= 0.6 is 0 Å². The molecule has 1 aliphatic rings. The first-order valence-corrected chi connectivity index (χ1v) is 4.37. The number of fused-ring (bicyclic) bond motifs is 1. The van der Waals surface area contributed by atoms with E-state index in [4.69, 9.17) is 9.84 Å². The highest BCUT2D eigenvalue weighted by Gasteiger charge is 2.22. The highest BCUT2D eigenvalue weighted by molar-refractivity contribution is 5.95. The number of aliphatic hydroxyl groups excluding tert-OH is 1. The maximum Gasteiger partial charge on any atom is 0.252 e. The predicted octanol–water partition coefficient (Wildman–Crippen LogP) is 0.204. The first-order valence-electron chi connectivity index (χ1n) is 4.37. The zero-order valence-corrected chi connectivity index (χ0v) is 7.56. The Bertz CT molecular complexity index is 351. The number of carbonyl (C=O) groups is 1. The van der Waals surface area contributed by atoms with Gasteiger partial charge in [0.25, 0.3) is 5.91 Å². The van der Waals surface area contributed by atoms with Gasteiger partial charge < -0.3 is 14.7 Å². The summed E-state index contributed by atoms with van der Waals surface area (Å²) in [4.78, 5) is 12.8. The van der Waals surface area contributed by atoms with E-state index in [1.807, 2.05) is 0 Å². The topological polar surface area (TPSA) is 49.8 Å². The van der Waals surface area contributed by atoms with Crippen molar-refractivity contribution in [2.45, 2.75) is 0 Å². The minimum atomic E-state index is -0.478. The fourth-order valence-corrected chi connectivity index (χ4v) is 1.45. The van der Waals surface area contributed by atoms with E-state index in [2.05, 4.69) is 6.07 Å². The molecule has 0 atom stereocenters. The zero-order chi connectivity index (χ0) is 9.97. The standard InChI is InChI=1S/C10H10NO3/c12-7-10(13)11-5-6-14-9-4-2-1-3-8(9)11/h2-4,12H,5-7H2. The van der Waals surface area contributed by atoms with Crippen LogP contribution in [0, 0.1) is 6.07 Å². The van der Waals surface area contributed by atoms with Gasteiger partial charge in [-0.1, -0.05) is 6.07 Å². The Hall–Kier alpha value is -1.55. The number of nitrogens with zero attached hydrogens (tertiary/aromatic N) is 1. The van der Waals surface area contributed by atoms with Crippen LogP contribution in [0.1, 0.15) is 0 Å². The number of anilines is 1. The average molecular weight is 192 g/mol. The second kappa shape index (κ2) is 3.67. The molecule has 1 aliphatic heterocycles. The minimum Gasteiger partial charge on any atom is -0.490 e. The van der Waals surface area contributed by atoms with Gasteiger partial charge in [-0.05, 0) is 18.2 Å². The van der Waals surface area contributed by atoms with Crippen LogP contribution in [0.5, 0.6) is 5.75 Å². The van der Waals surface area contributed by atoms with Crippen LogP contribution in [0.2, 0.25) is 0 Å². The summed E-state index contributed by atoms with van der Waals surface area (Å²) in [5.41, 5.74) is 0.679. The molecule has 0 fully saturated rings. The second-order valence-corrected chi connectivity index (χ2v) is 2.95. The van der Waals surface area contributed by atoms with E-state index in [-0.39, 0.29) is 5.91 Å². The number of aliphatic hydroxyl groups is 1. The number of amides is 1. The van der Waals surface area contributed by atoms with Crippen LogP contribution in [0.15, 0.2) is 18.2 Å². The van der Waals surface area contributed by atoms with E-state index < -0.39 is 6.61 Å². The lowest BCUT2D eigenvalue weighted by Gasteiger charge is -2.28. The molecule has 0 saturated carbocycles. The number of ether oxygens (including phenoxy) is 1. The highest BCUT2D eigenvalue weighted by atomic mass is 16.5. The number of hydrogen-bond donors (Lipinski definition) is 1. The Morgan fingerprint density at radius 2 is 2.57 bits per heavy atom. The fourth-order valence-electron chi connectivity index (χ4n) is 1.45. The van der Waals surface area contributed by atoms with Crippen LogP contribution in [-0.2, 0) is 4.79 Å². The van der Waals surface area contributed by atoms with Crippen LogP contribution < -0.4 is 9.64 Å². The average Bonchev–Trinajstić information content (AvgIpc) is 2.27. The summed E-state index contributed by atoms with van der Waals surface area (Å²) in [6, 6.07) is 8.04. The van der Waals surface area contributed by atoms with Gasteiger partial charge in [0.2, 0.25) is 0 Å². The number of carbonyl (C=O) groups excluding carboxylic acids is 1. The molecule has 0 spiro atoms. The molecule has 14 heavy (non-hydrogen) atoms. The van der Waals surface area contributed by atoms with Crippen molar-refractivity contribution in [3.05, 3.63) is 24.3 Å². The lowest BCUT2D eigenvalue weighted by atomic mass is 10.2. The van der Waals surface area contributed by atoms with E-state index in [0.717, 1.165) is 0 Å². The minimum absolute atomic E-state index is 0.311. The highest BCUT2D eigenvalue weighted by Crippen LogP contribution is 2.30. The first-order chi connectivity index (χ1) is 6.83. The van der Waals surface area contributed by atoms with Gasteiger partial charge in [0.15, 0.2) is 0 Å². The molecule has 1 heterocycles. The molecule has 1 radical (unpaired) electrons. The number of hydrogen-bond acceptors (Lipinski definition) is 3. The van der Waals surface area contributed by atoms with Crippen LogP contribution in [0.3, 0.4) is 0 Å². The molecule has 73 valence electrons. The fraction of sp³-hybridized carbons (Fsp3) is 0.300. The van der Waals surface area contributed by atoms with Crippen molar-refractivity contribution in [1.82, 2.24) is 0 Å². The normalized spacial score (nSPS) is 14.5. The van der Waals surface area contributed by atoms with Crippen LogP contribution in [0.25, 0.3) is 0 Å². The van der Waals surface area contributed by atoms with Crippen molar-refractivity contribution in [3.8, 4) is 5.75 Å². The molecule has 1 aromatic carbocycles. The summed E-state index contributed by atoms with van der Waals surface area (Å²) in [5.74, 6) is 0.353. The Morgan fingerprint density at radius 3 is 3.36 bits per heavy atom. The summed E-state index contributed by atoms with van der Waals surface area (Å²) in [6.07, 6.45) is 0. The largest absolute Gasteiger partial charge is 0.490 e. The van der Waals surface area contributed by atoms with Crippen molar-refractivity contribution in [2.75, 3.05) is 24.7 Å². The third kappa shape index (κ3) is 1.44. The van der Waals surface area contributed by atoms with Gasteiger partial charge in [-0.2, -0.15) is 0 Å². The lowest BCUT2D eigenvalue weighted by molar-refractivity contribution is -0.121. The first kappa shape index (κ1) is 9.02.